The molecular weight excluding hydrogens is 318 g/mol. The Bertz CT molecular complexity index is 494. The number of amides is 1. The first-order chi connectivity index (χ1) is 9.51. The summed E-state index contributed by atoms with van der Waals surface area (Å²) in [5.41, 5.74) is 6.86. The van der Waals surface area contributed by atoms with Crippen LogP contribution in [0.25, 0.3) is 0 Å². The van der Waals surface area contributed by atoms with Crippen molar-refractivity contribution in [3.8, 4) is 0 Å². The Balaban J connectivity index is 2.19. The third kappa shape index (κ3) is 2.90. The number of nitrogens with zero attached hydrogens (tertiary/aromatic N) is 1. The molecule has 110 valence electrons. The van der Waals surface area contributed by atoms with Crippen molar-refractivity contribution in [3.63, 3.8) is 0 Å². The van der Waals surface area contributed by atoms with Gasteiger partial charge in [-0.05, 0) is 31.5 Å². The van der Waals surface area contributed by atoms with E-state index in [1.165, 1.54) is 5.56 Å². The van der Waals surface area contributed by atoms with E-state index < -0.39 is 0 Å². The molecule has 0 aliphatic carbocycles. The van der Waals surface area contributed by atoms with Gasteiger partial charge in [0.05, 0.1) is 5.41 Å². The second-order valence-electron chi connectivity index (χ2n) is 5.63. The van der Waals surface area contributed by atoms with Crippen LogP contribution in [0.4, 0.5) is 0 Å². The second-order valence-corrected chi connectivity index (χ2v) is 6.49. The maximum Gasteiger partial charge on any atom is 0.227 e. The van der Waals surface area contributed by atoms with Gasteiger partial charge in [-0.3, -0.25) is 9.69 Å². The number of halogens is 1. The van der Waals surface area contributed by atoms with Crippen LogP contribution in [0.2, 0.25) is 0 Å². The normalized spacial score (nSPS) is 24.6. The predicted octanol–water partition coefficient (Wildman–Crippen LogP) is 1.91. The smallest absolute Gasteiger partial charge is 0.227 e. The third-order valence-corrected chi connectivity index (χ3v) is 4.93. The van der Waals surface area contributed by atoms with E-state index in [9.17, 15) is 4.79 Å². The fraction of sp³-hybridized carbons (Fsp3) is 0.533. The average molecular weight is 340 g/mol. The molecule has 1 amide bonds. The fourth-order valence-corrected chi connectivity index (χ4v) is 3.52. The number of carbonyl (C=O) groups excluding carboxylic acids is 1. The first-order valence-electron chi connectivity index (χ1n) is 6.92. The minimum Gasteiger partial charge on any atom is -0.359 e. The molecule has 1 aromatic rings. The molecule has 0 bridgehead atoms. The number of hydrogen-bond donors (Lipinski definition) is 2. The van der Waals surface area contributed by atoms with Gasteiger partial charge in [0.15, 0.2) is 0 Å². The SMILES string of the molecule is CNC(=O)C1(C)CCN(C(CN)c2ccccc2Br)C1. The van der Waals surface area contributed by atoms with E-state index in [-0.39, 0.29) is 17.4 Å². The van der Waals surface area contributed by atoms with Crippen molar-refractivity contribution in [1.29, 1.82) is 0 Å². The van der Waals surface area contributed by atoms with E-state index in [4.69, 9.17) is 5.73 Å². The van der Waals surface area contributed by atoms with Crippen molar-refractivity contribution in [3.05, 3.63) is 34.3 Å². The van der Waals surface area contributed by atoms with Gasteiger partial charge in [0.2, 0.25) is 5.91 Å². The van der Waals surface area contributed by atoms with E-state index >= 15 is 0 Å². The Labute approximate surface area is 128 Å². The van der Waals surface area contributed by atoms with Gasteiger partial charge in [0, 0.05) is 30.7 Å². The lowest BCUT2D eigenvalue weighted by Gasteiger charge is -2.29. The molecule has 1 aliphatic rings. The highest BCUT2D eigenvalue weighted by molar-refractivity contribution is 9.10. The number of benzene rings is 1. The summed E-state index contributed by atoms with van der Waals surface area (Å²) in [7, 11) is 1.70. The number of nitrogens with one attached hydrogen (secondary N) is 1. The Morgan fingerprint density at radius 3 is 2.85 bits per heavy atom. The lowest BCUT2D eigenvalue weighted by molar-refractivity contribution is -0.129. The zero-order valence-electron chi connectivity index (χ0n) is 12.0. The minimum atomic E-state index is -0.316. The third-order valence-electron chi connectivity index (χ3n) is 4.21. The predicted molar refractivity (Wildman–Crippen MR) is 84.3 cm³/mol. The zero-order chi connectivity index (χ0) is 14.8. The van der Waals surface area contributed by atoms with E-state index in [0.29, 0.717) is 6.54 Å². The molecule has 2 rings (SSSR count). The highest BCUT2D eigenvalue weighted by Crippen LogP contribution is 2.36. The van der Waals surface area contributed by atoms with Crippen molar-refractivity contribution < 1.29 is 4.79 Å². The van der Waals surface area contributed by atoms with Crippen molar-refractivity contribution in [2.75, 3.05) is 26.7 Å². The molecule has 1 heterocycles. The summed E-state index contributed by atoms with van der Waals surface area (Å²) in [6.45, 7) is 4.22. The van der Waals surface area contributed by atoms with Gasteiger partial charge >= 0.3 is 0 Å². The fourth-order valence-electron chi connectivity index (χ4n) is 2.97. The van der Waals surface area contributed by atoms with Crippen LogP contribution in [-0.2, 0) is 4.79 Å². The van der Waals surface area contributed by atoms with Crippen molar-refractivity contribution in [1.82, 2.24) is 10.2 Å². The molecule has 0 radical (unpaired) electrons. The summed E-state index contributed by atoms with van der Waals surface area (Å²) in [5.74, 6) is 0.114. The molecule has 2 unspecified atom stereocenters. The number of hydrogen-bond acceptors (Lipinski definition) is 3. The molecule has 1 aromatic carbocycles. The highest BCUT2D eigenvalue weighted by atomic mass is 79.9. The molecule has 2 atom stereocenters. The Kier molecular flexibility index (Phi) is 4.83. The second kappa shape index (κ2) is 6.24. The lowest BCUT2D eigenvalue weighted by atomic mass is 9.89. The number of carbonyl (C=O) groups is 1. The summed E-state index contributed by atoms with van der Waals surface area (Å²) in [4.78, 5) is 14.3. The summed E-state index contributed by atoms with van der Waals surface area (Å²) in [5, 5.41) is 2.77. The first-order valence-corrected chi connectivity index (χ1v) is 7.72. The minimum absolute atomic E-state index is 0.114. The molecule has 0 saturated carbocycles. The van der Waals surface area contributed by atoms with Gasteiger partial charge in [0.1, 0.15) is 0 Å². The zero-order valence-corrected chi connectivity index (χ0v) is 13.6. The van der Waals surface area contributed by atoms with Gasteiger partial charge in [-0.2, -0.15) is 0 Å². The molecular formula is C15H22BrN3O. The van der Waals surface area contributed by atoms with Crippen molar-refractivity contribution in [2.45, 2.75) is 19.4 Å². The van der Waals surface area contributed by atoms with E-state index in [1.807, 2.05) is 25.1 Å². The highest BCUT2D eigenvalue weighted by Gasteiger charge is 2.42. The van der Waals surface area contributed by atoms with Crippen LogP contribution in [0, 0.1) is 5.41 Å². The van der Waals surface area contributed by atoms with Crippen LogP contribution >= 0.6 is 15.9 Å². The Morgan fingerprint density at radius 2 is 2.25 bits per heavy atom. The molecule has 1 aliphatic heterocycles. The first kappa shape index (κ1) is 15.5. The molecule has 0 aromatic heterocycles. The van der Waals surface area contributed by atoms with Crippen LogP contribution in [0.15, 0.2) is 28.7 Å². The quantitative estimate of drug-likeness (QED) is 0.880. The van der Waals surface area contributed by atoms with Gasteiger partial charge in [-0.15, -0.1) is 0 Å². The lowest BCUT2D eigenvalue weighted by Crippen LogP contribution is -2.40. The molecule has 20 heavy (non-hydrogen) atoms. The standard InChI is InChI=1S/C15H22BrN3O/c1-15(14(20)18-2)7-8-19(10-15)13(9-17)11-5-3-4-6-12(11)16/h3-6,13H,7-10,17H2,1-2H3,(H,18,20). The summed E-state index contributed by atoms with van der Waals surface area (Å²) < 4.78 is 1.07. The molecule has 5 heteroatoms. The summed E-state index contributed by atoms with van der Waals surface area (Å²) >= 11 is 3.59. The summed E-state index contributed by atoms with van der Waals surface area (Å²) in [6, 6.07) is 8.30. The van der Waals surface area contributed by atoms with E-state index in [1.54, 1.807) is 7.05 Å². The van der Waals surface area contributed by atoms with Crippen LogP contribution in [0.3, 0.4) is 0 Å². The largest absolute Gasteiger partial charge is 0.359 e. The number of nitrogens with two attached hydrogens (primary N) is 1. The molecule has 0 spiro atoms. The van der Waals surface area contributed by atoms with Gasteiger partial charge in [0.25, 0.3) is 0 Å². The monoisotopic (exact) mass is 339 g/mol. The maximum atomic E-state index is 12.0. The van der Waals surface area contributed by atoms with Gasteiger partial charge in [-0.1, -0.05) is 34.1 Å². The maximum absolute atomic E-state index is 12.0. The van der Waals surface area contributed by atoms with E-state index in [0.717, 1.165) is 24.0 Å². The van der Waals surface area contributed by atoms with Crippen molar-refractivity contribution in [2.24, 2.45) is 11.1 Å². The Morgan fingerprint density at radius 1 is 1.55 bits per heavy atom. The molecule has 3 N–H and O–H groups in total. The van der Waals surface area contributed by atoms with Crippen LogP contribution < -0.4 is 11.1 Å². The number of rotatable bonds is 4. The summed E-state index contributed by atoms with van der Waals surface area (Å²) in [6.07, 6.45) is 0.869. The van der Waals surface area contributed by atoms with Crippen molar-refractivity contribution >= 4 is 21.8 Å². The Hall–Kier alpha value is -0.910. The molecule has 1 fully saturated rings. The average Bonchev–Trinajstić information content (AvgIpc) is 2.84. The van der Waals surface area contributed by atoms with Crippen LogP contribution in [0.5, 0.6) is 0 Å². The van der Waals surface area contributed by atoms with E-state index in [2.05, 4.69) is 32.2 Å². The number of likely N-dealkylation sites (tertiary alicyclic amines) is 1. The van der Waals surface area contributed by atoms with Gasteiger partial charge in [-0.25, -0.2) is 0 Å². The topological polar surface area (TPSA) is 58.4 Å². The molecule has 1 saturated heterocycles. The van der Waals surface area contributed by atoms with Gasteiger partial charge < -0.3 is 11.1 Å². The van der Waals surface area contributed by atoms with Crippen LogP contribution in [-0.4, -0.2) is 37.5 Å². The molecule has 4 nitrogen and oxygen atoms in total. The van der Waals surface area contributed by atoms with Crippen LogP contribution in [0.1, 0.15) is 24.9 Å².